The highest BCUT2D eigenvalue weighted by atomic mass is 16.4. The summed E-state index contributed by atoms with van der Waals surface area (Å²) in [6.07, 6.45) is -0.0558. The van der Waals surface area contributed by atoms with Crippen LogP contribution < -0.4 is 5.73 Å². The molecule has 1 amide bonds. The van der Waals surface area contributed by atoms with Crippen LogP contribution in [0, 0.1) is 23.7 Å². The summed E-state index contributed by atoms with van der Waals surface area (Å²) in [5, 5.41) is 52.7. The van der Waals surface area contributed by atoms with Gasteiger partial charge in [-0.3, -0.25) is 19.3 Å². The molecule has 11 heteroatoms. The number of ketones is 2. The average molecular weight is 482 g/mol. The van der Waals surface area contributed by atoms with Crippen LogP contribution in [0.1, 0.15) is 27.9 Å². The number of rotatable bonds is 2. The number of hydrogen-bond donors (Lipinski definition) is 6. The first-order valence-electron chi connectivity index (χ1n) is 10.6. The average Bonchev–Trinajstić information content (AvgIpc) is 2.75. The molecular formula is C24H22N2O9. The molecule has 0 heterocycles. The number of carbonyl (C=O) groups excluding carboxylic acids is 3. The Morgan fingerprint density at radius 3 is 2.40 bits per heavy atom. The molecule has 0 bridgehead atoms. The minimum Gasteiger partial charge on any atom is -0.510 e. The van der Waals surface area contributed by atoms with Crippen molar-refractivity contribution in [3.05, 3.63) is 51.5 Å². The minimum absolute atomic E-state index is 0.0204. The van der Waals surface area contributed by atoms with Gasteiger partial charge in [0.1, 0.15) is 22.8 Å². The van der Waals surface area contributed by atoms with Gasteiger partial charge in [0.25, 0.3) is 5.91 Å². The first kappa shape index (κ1) is 24.0. The van der Waals surface area contributed by atoms with Crippen LogP contribution in [0.5, 0.6) is 5.75 Å². The molecule has 182 valence electrons. The van der Waals surface area contributed by atoms with Crippen LogP contribution in [0.15, 0.2) is 34.8 Å². The van der Waals surface area contributed by atoms with E-state index < -0.39 is 69.8 Å². The van der Waals surface area contributed by atoms with Crippen LogP contribution in [0.2, 0.25) is 0 Å². The standard InChI is InChI=1S/C24H22N2O9/c1-26(2)18-12-8-10-7-11-9(4-6-14(28)29)3-5-13(27)16(11)19(30)15(10)21(32)24(12,35)22(33)17(20(18)31)23(25)34/h3,5,10,12,18,27,31-32,35H,7-8H2,1-2H3,(H2,25,34)(H,28,29)/t10-,12+,18-,24-/m0/s1. The van der Waals surface area contributed by atoms with Crippen molar-refractivity contribution in [3.63, 3.8) is 0 Å². The number of allylic oxidation sites excluding steroid dienone is 1. The molecule has 0 fully saturated rings. The number of nitrogens with zero attached hydrogens (tertiary/aromatic N) is 1. The van der Waals surface area contributed by atoms with Gasteiger partial charge < -0.3 is 31.3 Å². The van der Waals surface area contributed by atoms with E-state index in [1.807, 2.05) is 5.92 Å². The first-order chi connectivity index (χ1) is 16.3. The summed E-state index contributed by atoms with van der Waals surface area (Å²) >= 11 is 0. The normalized spacial score (nSPS) is 27.6. The lowest BCUT2D eigenvalue weighted by atomic mass is 9.58. The number of fused-ring (bicyclic) bond motifs is 3. The number of Topliss-reactive ketones (excluding diaryl/α,β-unsaturated/α-hetero) is 2. The van der Waals surface area contributed by atoms with Crippen molar-refractivity contribution >= 4 is 23.4 Å². The van der Waals surface area contributed by atoms with Crippen molar-refractivity contribution < 1.29 is 44.7 Å². The summed E-state index contributed by atoms with van der Waals surface area (Å²) < 4.78 is 0. The molecule has 0 aromatic heterocycles. The van der Waals surface area contributed by atoms with E-state index >= 15 is 0 Å². The Morgan fingerprint density at radius 1 is 1.17 bits per heavy atom. The molecule has 4 atom stereocenters. The van der Waals surface area contributed by atoms with E-state index in [4.69, 9.17) is 10.8 Å². The van der Waals surface area contributed by atoms with Crippen molar-refractivity contribution in [3.8, 4) is 17.6 Å². The molecule has 3 aliphatic rings. The molecule has 7 N–H and O–H groups in total. The Hall–Kier alpha value is -4.14. The quantitative estimate of drug-likeness (QED) is 0.237. The largest absolute Gasteiger partial charge is 0.510 e. The zero-order chi connectivity index (χ0) is 26.0. The zero-order valence-corrected chi connectivity index (χ0v) is 18.7. The number of carboxylic acid groups (broad SMARTS) is 1. The van der Waals surface area contributed by atoms with E-state index in [1.54, 1.807) is 0 Å². The maximum Gasteiger partial charge on any atom is 0.382 e. The molecule has 0 aliphatic heterocycles. The number of hydrogen-bond acceptors (Lipinski definition) is 9. The van der Waals surface area contributed by atoms with E-state index in [0.717, 1.165) is 6.07 Å². The Kier molecular flexibility index (Phi) is 5.47. The van der Waals surface area contributed by atoms with Crippen molar-refractivity contribution in [2.45, 2.75) is 24.5 Å². The van der Waals surface area contributed by atoms with Crippen LogP contribution in [-0.2, 0) is 20.8 Å². The van der Waals surface area contributed by atoms with E-state index in [-0.39, 0.29) is 35.1 Å². The predicted octanol–water partition coefficient (Wildman–Crippen LogP) is -0.443. The Bertz CT molecular complexity index is 1340. The summed E-state index contributed by atoms with van der Waals surface area (Å²) in [7, 11) is 3.07. The third-order valence-electron chi connectivity index (χ3n) is 6.91. The van der Waals surface area contributed by atoms with Crippen molar-refractivity contribution in [2.24, 2.45) is 17.6 Å². The Balaban J connectivity index is 1.96. The van der Waals surface area contributed by atoms with Crippen molar-refractivity contribution in [1.82, 2.24) is 4.90 Å². The van der Waals surface area contributed by atoms with Gasteiger partial charge in [-0.05, 0) is 50.6 Å². The molecule has 3 aliphatic carbocycles. The van der Waals surface area contributed by atoms with Crippen LogP contribution >= 0.6 is 0 Å². The van der Waals surface area contributed by atoms with Gasteiger partial charge in [0.15, 0.2) is 11.4 Å². The smallest absolute Gasteiger partial charge is 0.382 e. The fourth-order valence-electron chi connectivity index (χ4n) is 5.49. The molecule has 0 unspecified atom stereocenters. The molecule has 1 aromatic carbocycles. The zero-order valence-electron chi connectivity index (χ0n) is 18.7. The molecule has 4 rings (SSSR count). The van der Waals surface area contributed by atoms with Gasteiger partial charge in [-0.2, -0.15) is 0 Å². The molecule has 1 aromatic rings. The number of carbonyl (C=O) groups is 4. The number of aliphatic hydroxyl groups excluding tert-OH is 2. The minimum atomic E-state index is -2.72. The summed E-state index contributed by atoms with van der Waals surface area (Å²) in [5.74, 6) is -4.48. The van der Waals surface area contributed by atoms with Gasteiger partial charge in [-0.25, -0.2) is 4.79 Å². The third kappa shape index (κ3) is 3.30. The molecule has 0 spiro atoms. The summed E-state index contributed by atoms with van der Waals surface area (Å²) in [6.45, 7) is 0. The van der Waals surface area contributed by atoms with Crippen molar-refractivity contribution in [1.29, 1.82) is 0 Å². The lowest BCUT2D eigenvalue weighted by molar-refractivity contribution is -0.148. The van der Waals surface area contributed by atoms with Crippen LogP contribution in [0.3, 0.4) is 0 Å². The second-order valence-electron chi connectivity index (χ2n) is 9.00. The molecule has 0 saturated heterocycles. The number of carboxylic acids is 1. The van der Waals surface area contributed by atoms with Gasteiger partial charge in [0.2, 0.25) is 5.78 Å². The van der Waals surface area contributed by atoms with Gasteiger partial charge >= 0.3 is 5.97 Å². The number of aromatic hydroxyl groups is 1. The maximum atomic E-state index is 13.5. The van der Waals surface area contributed by atoms with E-state index in [2.05, 4.69) is 5.92 Å². The highest BCUT2D eigenvalue weighted by molar-refractivity contribution is 6.24. The lowest BCUT2D eigenvalue weighted by Gasteiger charge is -2.50. The molecule has 11 nitrogen and oxygen atoms in total. The fraction of sp³-hybridized carbons (Fsp3) is 0.333. The number of likely N-dealkylation sites (N-methyl/N-ethyl adjacent to an activating group) is 1. The second-order valence-corrected chi connectivity index (χ2v) is 9.00. The molecular weight excluding hydrogens is 460 g/mol. The van der Waals surface area contributed by atoms with Gasteiger partial charge in [-0.15, -0.1) is 0 Å². The summed E-state index contributed by atoms with van der Waals surface area (Å²) in [4.78, 5) is 51.0. The van der Waals surface area contributed by atoms with Gasteiger partial charge in [0, 0.05) is 23.0 Å². The lowest BCUT2D eigenvalue weighted by Crippen LogP contribution is -2.63. The fourth-order valence-corrected chi connectivity index (χ4v) is 5.49. The number of aliphatic carboxylic acids is 1. The number of benzene rings is 1. The van der Waals surface area contributed by atoms with E-state index in [9.17, 15) is 39.6 Å². The molecule has 35 heavy (non-hydrogen) atoms. The summed E-state index contributed by atoms with van der Waals surface area (Å²) in [5.41, 5.74) is 1.60. The van der Waals surface area contributed by atoms with E-state index in [1.165, 1.54) is 25.1 Å². The molecule has 0 radical (unpaired) electrons. The number of nitrogens with two attached hydrogens (primary N) is 1. The SMILES string of the molecule is CN(C)[C@@H]1C(O)=C(C(N)=O)C(=O)[C@@]2(O)C(O)=C3C(=O)c4c(O)ccc(C#CC(=O)O)c4C[C@H]3C[C@H]12. The van der Waals surface area contributed by atoms with E-state index in [0.29, 0.717) is 0 Å². The second kappa shape index (κ2) is 7.97. The predicted molar refractivity (Wildman–Crippen MR) is 118 cm³/mol. The Labute approximate surface area is 198 Å². The number of phenolic OH excluding ortho intramolecular Hbond substituents is 1. The monoisotopic (exact) mass is 482 g/mol. The van der Waals surface area contributed by atoms with Crippen LogP contribution in [0.4, 0.5) is 0 Å². The number of primary amides is 1. The maximum absolute atomic E-state index is 13.5. The number of aliphatic hydroxyl groups is 3. The first-order valence-corrected chi connectivity index (χ1v) is 10.6. The van der Waals surface area contributed by atoms with Gasteiger partial charge in [-0.1, -0.05) is 5.92 Å². The topological polar surface area (TPSA) is 199 Å². The number of amides is 1. The number of phenols is 1. The van der Waals surface area contributed by atoms with Crippen LogP contribution in [0.25, 0.3) is 0 Å². The Morgan fingerprint density at radius 2 is 1.83 bits per heavy atom. The van der Waals surface area contributed by atoms with Crippen LogP contribution in [-0.4, -0.2) is 79.6 Å². The van der Waals surface area contributed by atoms with Gasteiger partial charge in [0.05, 0.1) is 11.6 Å². The highest BCUT2D eigenvalue weighted by Gasteiger charge is 2.63. The third-order valence-corrected chi connectivity index (χ3v) is 6.91. The molecule has 0 saturated carbocycles. The highest BCUT2D eigenvalue weighted by Crippen LogP contribution is 2.52. The summed E-state index contributed by atoms with van der Waals surface area (Å²) in [6, 6.07) is 1.42. The van der Waals surface area contributed by atoms with Crippen molar-refractivity contribution in [2.75, 3.05) is 14.1 Å².